The standard InChI is InChI=1S/C21H31ClN6O3/c22-13-18(29)16(8-4-10-26-21(24)25)27-19(30)17-9-5-11-28(17)20(31)15(23)12-14-6-2-1-3-7-14/h1-3,6-7,15-17H,4-5,8-13,23H2,(H,27,30)(H4,24,25,26)/t15-,16+,17-/m1/s1. The molecule has 1 aliphatic rings. The molecule has 1 aromatic carbocycles. The first kappa shape index (κ1) is 24.6. The Morgan fingerprint density at radius 2 is 1.94 bits per heavy atom. The largest absolute Gasteiger partial charge is 0.370 e. The molecule has 170 valence electrons. The van der Waals surface area contributed by atoms with Crippen LogP contribution < -0.4 is 22.5 Å². The lowest BCUT2D eigenvalue weighted by Gasteiger charge is -2.28. The topological polar surface area (TPSA) is 157 Å². The van der Waals surface area contributed by atoms with Crippen molar-refractivity contribution in [2.24, 2.45) is 22.2 Å². The molecule has 1 saturated heterocycles. The van der Waals surface area contributed by atoms with Crippen molar-refractivity contribution >= 4 is 35.2 Å². The quantitative estimate of drug-likeness (QED) is 0.159. The van der Waals surface area contributed by atoms with Crippen molar-refractivity contribution in [2.75, 3.05) is 19.0 Å². The van der Waals surface area contributed by atoms with E-state index in [-0.39, 0.29) is 29.4 Å². The molecular formula is C21H31ClN6O3. The zero-order chi connectivity index (χ0) is 22.8. The number of carbonyl (C=O) groups is 3. The second-order valence-corrected chi connectivity index (χ2v) is 7.86. The summed E-state index contributed by atoms with van der Waals surface area (Å²) in [5, 5.41) is 2.75. The van der Waals surface area contributed by atoms with Gasteiger partial charge in [-0.05, 0) is 37.7 Å². The number of hydrogen-bond acceptors (Lipinski definition) is 5. The third-order valence-electron chi connectivity index (χ3n) is 5.24. The minimum atomic E-state index is -0.755. The van der Waals surface area contributed by atoms with Gasteiger partial charge in [-0.2, -0.15) is 0 Å². The number of Topliss-reactive ketones (excluding diaryl/α,β-unsaturated/α-hetero) is 1. The number of likely N-dealkylation sites (tertiary alicyclic amines) is 1. The summed E-state index contributed by atoms with van der Waals surface area (Å²) >= 11 is 5.70. The van der Waals surface area contributed by atoms with Crippen LogP contribution in [0.3, 0.4) is 0 Å². The Hall–Kier alpha value is -2.65. The average molecular weight is 451 g/mol. The van der Waals surface area contributed by atoms with Gasteiger partial charge in [0.2, 0.25) is 11.8 Å². The number of nitrogens with zero attached hydrogens (tertiary/aromatic N) is 2. The highest BCUT2D eigenvalue weighted by Crippen LogP contribution is 2.20. The molecular weight excluding hydrogens is 420 g/mol. The second kappa shape index (κ2) is 12.3. The van der Waals surface area contributed by atoms with Crippen molar-refractivity contribution in [1.29, 1.82) is 0 Å². The number of halogens is 1. The highest BCUT2D eigenvalue weighted by atomic mass is 35.5. The molecule has 9 nitrogen and oxygen atoms in total. The van der Waals surface area contributed by atoms with Gasteiger partial charge in [-0.3, -0.25) is 19.4 Å². The molecule has 7 N–H and O–H groups in total. The zero-order valence-electron chi connectivity index (χ0n) is 17.5. The summed E-state index contributed by atoms with van der Waals surface area (Å²) in [4.78, 5) is 43.4. The van der Waals surface area contributed by atoms with E-state index >= 15 is 0 Å². The number of benzene rings is 1. The minimum absolute atomic E-state index is 0.0313. The Labute approximate surface area is 187 Å². The van der Waals surface area contributed by atoms with E-state index in [0.29, 0.717) is 45.2 Å². The summed E-state index contributed by atoms with van der Waals surface area (Å²) in [6.07, 6.45) is 2.46. The summed E-state index contributed by atoms with van der Waals surface area (Å²) in [6, 6.07) is 7.34. The highest BCUT2D eigenvalue weighted by molar-refractivity contribution is 6.28. The van der Waals surface area contributed by atoms with Gasteiger partial charge in [0.25, 0.3) is 0 Å². The van der Waals surface area contributed by atoms with Crippen LogP contribution in [0, 0.1) is 0 Å². The zero-order valence-corrected chi connectivity index (χ0v) is 18.3. The number of rotatable bonds is 11. The molecule has 0 saturated carbocycles. The number of aliphatic imine (C=N–C) groups is 1. The fourth-order valence-electron chi connectivity index (χ4n) is 3.65. The van der Waals surface area contributed by atoms with Gasteiger partial charge in [-0.1, -0.05) is 30.3 Å². The number of alkyl halides is 1. The first-order valence-electron chi connectivity index (χ1n) is 10.4. The van der Waals surface area contributed by atoms with Crippen LogP contribution in [0.5, 0.6) is 0 Å². The van der Waals surface area contributed by atoms with E-state index in [9.17, 15) is 14.4 Å². The fourth-order valence-corrected chi connectivity index (χ4v) is 3.84. The molecule has 0 aliphatic carbocycles. The van der Waals surface area contributed by atoms with Gasteiger partial charge in [-0.25, -0.2) is 0 Å². The lowest BCUT2D eigenvalue weighted by molar-refractivity contribution is -0.140. The van der Waals surface area contributed by atoms with E-state index in [2.05, 4.69) is 10.3 Å². The molecule has 1 heterocycles. The van der Waals surface area contributed by atoms with E-state index in [1.807, 2.05) is 30.3 Å². The molecule has 3 atom stereocenters. The van der Waals surface area contributed by atoms with Gasteiger partial charge >= 0.3 is 0 Å². The SMILES string of the molecule is NC(N)=NCCC[C@H](NC(=O)[C@H]1CCCN1C(=O)[C@H](N)Cc1ccccc1)C(=O)CCl. The molecule has 0 unspecified atom stereocenters. The summed E-state index contributed by atoms with van der Waals surface area (Å²) in [7, 11) is 0. The van der Waals surface area contributed by atoms with Crippen molar-refractivity contribution < 1.29 is 14.4 Å². The van der Waals surface area contributed by atoms with Crippen LogP contribution in [0.25, 0.3) is 0 Å². The van der Waals surface area contributed by atoms with E-state index in [0.717, 1.165) is 5.56 Å². The molecule has 10 heteroatoms. The van der Waals surface area contributed by atoms with E-state index in [4.69, 9.17) is 28.8 Å². The Bertz CT molecular complexity index is 785. The fraction of sp³-hybridized carbons (Fsp3) is 0.524. The maximum Gasteiger partial charge on any atom is 0.243 e. The van der Waals surface area contributed by atoms with Crippen LogP contribution in [0.15, 0.2) is 35.3 Å². The number of ketones is 1. The molecule has 1 aromatic rings. The van der Waals surface area contributed by atoms with Gasteiger partial charge in [-0.15, -0.1) is 11.6 Å². The van der Waals surface area contributed by atoms with Crippen LogP contribution in [0.4, 0.5) is 0 Å². The second-order valence-electron chi connectivity index (χ2n) is 7.60. The van der Waals surface area contributed by atoms with Crippen LogP contribution in [-0.2, 0) is 20.8 Å². The highest BCUT2D eigenvalue weighted by Gasteiger charge is 2.37. The summed E-state index contributed by atoms with van der Waals surface area (Å²) in [6.45, 7) is 0.796. The van der Waals surface area contributed by atoms with Crippen LogP contribution in [-0.4, -0.2) is 65.6 Å². The number of nitrogens with one attached hydrogen (secondary N) is 1. The minimum Gasteiger partial charge on any atom is -0.370 e. The van der Waals surface area contributed by atoms with Crippen LogP contribution in [0.1, 0.15) is 31.2 Å². The molecule has 1 fully saturated rings. The van der Waals surface area contributed by atoms with Crippen molar-refractivity contribution in [3.8, 4) is 0 Å². The van der Waals surface area contributed by atoms with Crippen LogP contribution >= 0.6 is 11.6 Å². The lowest BCUT2D eigenvalue weighted by atomic mass is 10.0. The Kier molecular flexibility index (Phi) is 9.74. The number of hydrogen-bond donors (Lipinski definition) is 4. The van der Waals surface area contributed by atoms with E-state index in [1.54, 1.807) is 0 Å². The normalized spacial score (nSPS) is 17.6. The summed E-state index contributed by atoms with van der Waals surface area (Å²) < 4.78 is 0. The maximum atomic E-state index is 12.9. The van der Waals surface area contributed by atoms with Crippen molar-refractivity contribution in [1.82, 2.24) is 10.2 Å². The third kappa shape index (κ3) is 7.52. The van der Waals surface area contributed by atoms with Gasteiger partial charge in [0.05, 0.1) is 18.0 Å². The van der Waals surface area contributed by atoms with Gasteiger partial charge in [0, 0.05) is 13.1 Å². The summed E-state index contributed by atoms with van der Waals surface area (Å²) in [5.41, 5.74) is 17.7. The summed E-state index contributed by atoms with van der Waals surface area (Å²) in [5.74, 6) is -1.19. The van der Waals surface area contributed by atoms with Crippen molar-refractivity contribution in [3.05, 3.63) is 35.9 Å². The number of carbonyl (C=O) groups excluding carboxylic acids is 3. The van der Waals surface area contributed by atoms with E-state index in [1.165, 1.54) is 4.90 Å². The van der Waals surface area contributed by atoms with Gasteiger partial charge in [0.1, 0.15) is 6.04 Å². The third-order valence-corrected chi connectivity index (χ3v) is 5.50. The first-order valence-corrected chi connectivity index (χ1v) is 10.9. The Morgan fingerprint density at radius 3 is 2.58 bits per heavy atom. The smallest absolute Gasteiger partial charge is 0.243 e. The Balaban J connectivity index is 1.98. The molecule has 1 aliphatic heterocycles. The maximum absolute atomic E-state index is 12.9. The molecule has 31 heavy (non-hydrogen) atoms. The first-order chi connectivity index (χ1) is 14.8. The van der Waals surface area contributed by atoms with Crippen LogP contribution in [0.2, 0.25) is 0 Å². The number of amides is 2. The average Bonchev–Trinajstić information content (AvgIpc) is 3.25. The van der Waals surface area contributed by atoms with E-state index < -0.39 is 18.1 Å². The Morgan fingerprint density at radius 1 is 1.23 bits per heavy atom. The molecule has 0 aromatic heterocycles. The molecule has 2 amide bonds. The predicted octanol–water partition coefficient (Wildman–Crippen LogP) is -0.106. The molecule has 0 bridgehead atoms. The molecule has 0 spiro atoms. The van der Waals surface area contributed by atoms with Crippen molar-refractivity contribution in [3.63, 3.8) is 0 Å². The van der Waals surface area contributed by atoms with Gasteiger partial charge < -0.3 is 27.4 Å². The van der Waals surface area contributed by atoms with Gasteiger partial charge in [0.15, 0.2) is 11.7 Å². The predicted molar refractivity (Wildman–Crippen MR) is 120 cm³/mol. The molecule has 2 rings (SSSR count). The monoisotopic (exact) mass is 450 g/mol. The number of nitrogens with two attached hydrogens (primary N) is 3. The lowest BCUT2D eigenvalue weighted by Crippen LogP contribution is -2.54. The molecule has 0 radical (unpaired) electrons. The van der Waals surface area contributed by atoms with Crippen molar-refractivity contribution in [2.45, 2.75) is 50.2 Å². The number of guanidine groups is 1.